The number of carboxylic acids is 1. The third-order valence-corrected chi connectivity index (χ3v) is 3.46. The average molecular weight is 285 g/mol. The maximum atomic E-state index is 11.4. The van der Waals surface area contributed by atoms with Crippen molar-refractivity contribution in [1.82, 2.24) is 4.57 Å². The van der Waals surface area contributed by atoms with Crippen molar-refractivity contribution in [3.05, 3.63) is 53.3 Å². The molecular formula is C17H19NO3. The number of carbonyl (C=O) groups excluding carboxylic acids is 1. The number of carboxylic acid groups (broad SMARTS) is 1. The lowest BCUT2D eigenvalue weighted by Crippen LogP contribution is -2.11. The fraction of sp³-hybridized carbons (Fsp3) is 0.294. The van der Waals surface area contributed by atoms with E-state index in [0.29, 0.717) is 5.56 Å². The lowest BCUT2D eigenvalue weighted by atomic mass is 9.87. The SMILES string of the molecule is CC(=O)c1cc(C(=O)O)n(-c2ccc(C(C)(C)C)cc2)c1. The predicted molar refractivity (Wildman–Crippen MR) is 81.4 cm³/mol. The van der Waals surface area contributed by atoms with E-state index in [4.69, 9.17) is 0 Å². The Morgan fingerprint density at radius 3 is 2.10 bits per heavy atom. The first-order chi connectivity index (χ1) is 9.70. The highest BCUT2D eigenvalue weighted by Crippen LogP contribution is 2.24. The summed E-state index contributed by atoms with van der Waals surface area (Å²) in [5, 5.41) is 9.27. The van der Waals surface area contributed by atoms with Gasteiger partial charge >= 0.3 is 5.97 Å². The van der Waals surface area contributed by atoms with Crippen LogP contribution in [0.5, 0.6) is 0 Å². The van der Waals surface area contributed by atoms with Gasteiger partial charge in [-0.25, -0.2) is 4.79 Å². The molecule has 2 rings (SSSR count). The van der Waals surface area contributed by atoms with Crippen molar-refractivity contribution < 1.29 is 14.7 Å². The van der Waals surface area contributed by atoms with Crippen LogP contribution in [0.2, 0.25) is 0 Å². The second-order valence-electron chi connectivity index (χ2n) is 6.14. The zero-order valence-corrected chi connectivity index (χ0v) is 12.7. The first-order valence-electron chi connectivity index (χ1n) is 6.77. The van der Waals surface area contributed by atoms with Crippen LogP contribution in [0.25, 0.3) is 5.69 Å². The summed E-state index contributed by atoms with van der Waals surface area (Å²) in [7, 11) is 0. The molecule has 0 saturated carbocycles. The van der Waals surface area contributed by atoms with Crippen molar-refractivity contribution in [2.24, 2.45) is 0 Å². The number of nitrogens with zero attached hydrogens (tertiary/aromatic N) is 1. The third kappa shape index (κ3) is 3.05. The van der Waals surface area contributed by atoms with E-state index in [9.17, 15) is 14.7 Å². The van der Waals surface area contributed by atoms with Crippen LogP contribution in [-0.2, 0) is 5.41 Å². The Kier molecular flexibility index (Phi) is 3.73. The minimum Gasteiger partial charge on any atom is -0.477 e. The quantitative estimate of drug-likeness (QED) is 0.875. The number of rotatable bonds is 3. The lowest BCUT2D eigenvalue weighted by Gasteiger charge is -2.19. The van der Waals surface area contributed by atoms with Crippen LogP contribution in [0.1, 0.15) is 54.1 Å². The van der Waals surface area contributed by atoms with Gasteiger partial charge in [-0.15, -0.1) is 0 Å². The number of ketones is 1. The highest BCUT2D eigenvalue weighted by molar-refractivity contribution is 5.97. The topological polar surface area (TPSA) is 59.3 Å². The van der Waals surface area contributed by atoms with E-state index in [1.807, 2.05) is 24.3 Å². The van der Waals surface area contributed by atoms with Gasteiger partial charge in [-0.2, -0.15) is 0 Å². The maximum Gasteiger partial charge on any atom is 0.352 e. The molecule has 1 N–H and O–H groups in total. The van der Waals surface area contributed by atoms with Crippen molar-refractivity contribution in [1.29, 1.82) is 0 Å². The van der Waals surface area contributed by atoms with Gasteiger partial charge in [0.1, 0.15) is 5.69 Å². The monoisotopic (exact) mass is 285 g/mol. The summed E-state index contributed by atoms with van der Waals surface area (Å²) in [4.78, 5) is 22.8. The smallest absolute Gasteiger partial charge is 0.352 e. The standard InChI is InChI=1S/C17H19NO3/c1-11(19)12-9-15(16(20)21)18(10-12)14-7-5-13(6-8-14)17(2,3)4/h5-10H,1-4H3,(H,20,21). The van der Waals surface area contributed by atoms with Crippen LogP contribution < -0.4 is 0 Å². The second-order valence-corrected chi connectivity index (χ2v) is 6.14. The Labute approximate surface area is 124 Å². The molecule has 0 atom stereocenters. The molecule has 4 heteroatoms. The molecule has 0 aliphatic heterocycles. The Bertz CT molecular complexity index is 688. The molecule has 0 spiro atoms. The van der Waals surface area contributed by atoms with Crippen LogP contribution >= 0.6 is 0 Å². The summed E-state index contributed by atoms with van der Waals surface area (Å²) in [5.41, 5.74) is 2.42. The summed E-state index contributed by atoms with van der Waals surface area (Å²) in [5.74, 6) is -1.20. The molecule has 4 nitrogen and oxygen atoms in total. The molecule has 0 amide bonds. The van der Waals surface area contributed by atoms with E-state index in [1.165, 1.54) is 23.1 Å². The summed E-state index contributed by atoms with van der Waals surface area (Å²) in [6.45, 7) is 7.78. The van der Waals surface area contributed by atoms with E-state index in [-0.39, 0.29) is 16.9 Å². The van der Waals surface area contributed by atoms with Crippen LogP contribution in [0, 0.1) is 0 Å². The Balaban J connectivity index is 2.51. The molecule has 0 radical (unpaired) electrons. The maximum absolute atomic E-state index is 11.4. The van der Waals surface area contributed by atoms with E-state index in [2.05, 4.69) is 20.8 Å². The zero-order chi connectivity index (χ0) is 15.8. The van der Waals surface area contributed by atoms with Gasteiger partial charge in [-0.05, 0) is 36.1 Å². The molecule has 0 saturated heterocycles. The van der Waals surface area contributed by atoms with Crippen molar-refractivity contribution >= 4 is 11.8 Å². The summed E-state index contributed by atoms with van der Waals surface area (Å²) in [6, 6.07) is 9.11. The zero-order valence-electron chi connectivity index (χ0n) is 12.7. The number of hydrogen-bond acceptors (Lipinski definition) is 2. The second kappa shape index (κ2) is 5.20. The summed E-state index contributed by atoms with van der Waals surface area (Å²) in [6.07, 6.45) is 1.57. The number of benzene rings is 1. The molecule has 110 valence electrons. The predicted octanol–water partition coefficient (Wildman–Crippen LogP) is 3.68. The third-order valence-electron chi connectivity index (χ3n) is 3.46. The Hall–Kier alpha value is -2.36. The van der Waals surface area contributed by atoms with E-state index >= 15 is 0 Å². The normalized spacial score (nSPS) is 11.4. The molecule has 1 aromatic carbocycles. The molecule has 0 unspecified atom stereocenters. The molecule has 1 aromatic heterocycles. The number of Topliss-reactive ketones (excluding diaryl/α,β-unsaturated/α-hetero) is 1. The number of hydrogen-bond donors (Lipinski definition) is 1. The molecule has 21 heavy (non-hydrogen) atoms. The van der Waals surface area contributed by atoms with E-state index < -0.39 is 5.97 Å². The summed E-state index contributed by atoms with van der Waals surface area (Å²) < 4.78 is 1.53. The highest BCUT2D eigenvalue weighted by Gasteiger charge is 2.17. The number of carbonyl (C=O) groups is 2. The lowest BCUT2D eigenvalue weighted by molar-refractivity contribution is 0.0688. The van der Waals surface area contributed by atoms with Gasteiger partial charge in [-0.3, -0.25) is 4.79 Å². The van der Waals surface area contributed by atoms with Crippen molar-refractivity contribution in [3.63, 3.8) is 0 Å². The van der Waals surface area contributed by atoms with Gasteiger partial charge < -0.3 is 9.67 Å². The fourth-order valence-corrected chi connectivity index (χ4v) is 2.16. The van der Waals surface area contributed by atoms with Gasteiger partial charge in [0.15, 0.2) is 5.78 Å². The first kappa shape index (κ1) is 15.0. The van der Waals surface area contributed by atoms with E-state index in [0.717, 1.165) is 5.69 Å². The van der Waals surface area contributed by atoms with Crippen LogP contribution in [0.4, 0.5) is 0 Å². The van der Waals surface area contributed by atoms with Crippen LogP contribution in [0.15, 0.2) is 36.5 Å². The van der Waals surface area contributed by atoms with Crippen LogP contribution in [-0.4, -0.2) is 21.4 Å². The molecule has 2 aromatic rings. The van der Waals surface area contributed by atoms with Crippen molar-refractivity contribution in [2.75, 3.05) is 0 Å². The van der Waals surface area contributed by atoms with Crippen molar-refractivity contribution in [2.45, 2.75) is 33.1 Å². The molecule has 0 bridgehead atoms. The van der Waals surface area contributed by atoms with Crippen molar-refractivity contribution in [3.8, 4) is 5.69 Å². The average Bonchev–Trinajstić information content (AvgIpc) is 2.83. The fourth-order valence-electron chi connectivity index (χ4n) is 2.16. The minimum absolute atomic E-state index is 0.0371. The van der Waals surface area contributed by atoms with E-state index in [1.54, 1.807) is 6.20 Å². The molecule has 0 aliphatic carbocycles. The van der Waals surface area contributed by atoms with Gasteiger partial charge in [0.05, 0.1) is 0 Å². The Morgan fingerprint density at radius 1 is 1.10 bits per heavy atom. The van der Waals surface area contributed by atoms with Gasteiger partial charge in [0, 0.05) is 17.4 Å². The van der Waals surface area contributed by atoms with Gasteiger partial charge in [0.25, 0.3) is 0 Å². The molecule has 0 aliphatic rings. The van der Waals surface area contributed by atoms with Gasteiger partial charge in [0.2, 0.25) is 0 Å². The molecule has 0 fully saturated rings. The van der Waals surface area contributed by atoms with Gasteiger partial charge in [-0.1, -0.05) is 32.9 Å². The largest absolute Gasteiger partial charge is 0.477 e. The number of aromatic carboxylic acids is 1. The number of aromatic nitrogens is 1. The Morgan fingerprint density at radius 2 is 1.67 bits per heavy atom. The molecular weight excluding hydrogens is 266 g/mol. The first-order valence-corrected chi connectivity index (χ1v) is 6.77. The van der Waals surface area contributed by atoms with Crippen LogP contribution in [0.3, 0.4) is 0 Å². The highest BCUT2D eigenvalue weighted by atomic mass is 16.4. The minimum atomic E-state index is -1.05. The molecule has 1 heterocycles. The summed E-state index contributed by atoms with van der Waals surface area (Å²) >= 11 is 0.